The van der Waals surface area contributed by atoms with E-state index in [1.54, 1.807) is 6.07 Å². The number of carbonyl (C=O) groups excluding carboxylic acids is 1. The lowest BCUT2D eigenvalue weighted by atomic mass is 9.86. The number of aryl methyl sites for hydroxylation is 1. The van der Waals surface area contributed by atoms with E-state index in [9.17, 15) is 9.90 Å². The number of hydrogen-bond acceptors (Lipinski definition) is 4. The lowest BCUT2D eigenvalue weighted by Gasteiger charge is -2.21. The first-order valence-corrected chi connectivity index (χ1v) is 9.08. The number of benzene rings is 1. The van der Waals surface area contributed by atoms with Crippen molar-refractivity contribution in [2.75, 3.05) is 5.32 Å². The van der Waals surface area contributed by atoms with Crippen LogP contribution in [0.3, 0.4) is 0 Å². The molecule has 2 heterocycles. The van der Waals surface area contributed by atoms with Gasteiger partial charge in [0.1, 0.15) is 5.69 Å². The zero-order valence-corrected chi connectivity index (χ0v) is 17.1. The van der Waals surface area contributed by atoms with Crippen molar-refractivity contribution in [2.45, 2.75) is 54.5 Å². The SMILES string of the molecule is C.Cn1cc(NC(C)(C)C)c(O)c1-c1nc2ccc(C(=O)C(C)(C)C)cc2[nH]1. The zero-order chi connectivity index (χ0) is 20.1. The Morgan fingerprint density at radius 1 is 1.18 bits per heavy atom. The number of anilines is 1. The van der Waals surface area contributed by atoms with Crippen LogP contribution >= 0.6 is 0 Å². The smallest absolute Gasteiger partial charge is 0.168 e. The van der Waals surface area contributed by atoms with Gasteiger partial charge in [0.15, 0.2) is 17.4 Å². The van der Waals surface area contributed by atoms with Gasteiger partial charge < -0.3 is 20.0 Å². The molecule has 0 atom stereocenters. The van der Waals surface area contributed by atoms with Crippen LogP contribution in [0.15, 0.2) is 24.4 Å². The van der Waals surface area contributed by atoms with E-state index < -0.39 is 5.41 Å². The van der Waals surface area contributed by atoms with Crippen LogP contribution in [0.5, 0.6) is 5.75 Å². The van der Waals surface area contributed by atoms with Crippen LogP contribution in [-0.4, -0.2) is 31.0 Å². The Hall–Kier alpha value is -2.76. The molecule has 0 radical (unpaired) electrons. The summed E-state index contributed by atoms with van der Waals surface area (Å²) >= 11 is 0. The van der Waals surface area contributed by atoms with E-state index in [2.05, 4.69) is 15.3 Å². The number of fused-ring (bicyclic) bond motifs is 1. The molecule has 1 aromatic carbocycles. The maximum absolute atomic E-state index is 12.5. The Kier molecular flexibility index (Phi) is 5.39. The molecular formula is C22H32N4O2. The maximum atomic E-state index is 12.5. The summed E-state index contributed by atoms with van der Waals surface area (Å²) in [6.45, 7) is 11.8. The fraction of sp³-hybridized carbons (Fsp3) is 0.455. The highest BCUT2D eigenvalue weighted by Gasteiger charge is 2.24. The van der Waals surface area contributed by atoms with Crippen molar-refractivity contribution in [3.05, 3.63) is 30.0 Å². The minimum atomic E-state index is -0.444. The summed E-state index contributed by atoms with van der Waals surface area (Å²) in [6.07, 6.45) is 1.84. The van der Waals surface area contributed by atoms with Crippen LogP contribution in [0, 0.1) is 5.41 Å². The number of imidazole rings is 1. The molecule has 0 aliphatic heterocycles. The first kappa shape index (κ1) is 21.5. The molecule has 3 aromatic rings. The van der Waals surface area contributed by atoms with Gasteiger partial charge in [-0.3, -0.25) is 4.79 Å². The molecule has 0 aliphatic carbocycles. The number of carbonyl (C=O) groups is 1. The van der Waals surface area contributed by atoms with E-state index in [0.717, 1.165) is 11.0 Å². The number of aromatic nitrogens is 3. The van der Waals surface area contributed by atoms with Crippen molar-refractivity contribution >= 4 is 22.5 Å². The van der Waals surface area contributed by atoms with Crippen LogP contribution in [0.2, 0.25) is 0 Å². The van der Waals surface area contributed by atoms with Gasteiger partial charge in [-0.2, -0.15) is 0 Å². The van der Waals surface area contributed by atoms with E-state index in [4.69, 9.17) is 0 Å². The molecule has 3 rings (SSSR count). The average Bonchev–Trinajstić information content (AvgIpc) is 3.04. The van der Waals surface area contributed by atoms with E-state index in [-0.39, 0.29) is 24.5 Å². The average molecular weight is 385 g/mol. The van der Waals surface area contributed by atoms with Crippen LogP contribution < -0.4 is 5.32 Å². The van der Waals surface area contributed by atoms with Crippen LogP contribution in [-0.2, 0) is 7.05 Å². The van der Waals surface area contributed by atoms with Crippen molar-refractivity contribution in [1.29, 1.82) is 0 Å². The number of hydrogen-bond donors (Lipinski definition) is 3. The highest BCUT2D eigenvalue weighted by molar-refractivity contribution is 6.02. The Bertz CT molecular complexity index is 1010. The molecule has 6 heteroatoms. The van der Waals surface area contributed by atoms with Gasteiger partial charge in [0.2, 0.25) is 0 Å². The molecule has 3 N–H and O–H groups in total. The topological polar surface area (TPSA) is 82.9 Å². The van der Waals surface area contributed by atoms with Crippen molar-refractivity contribution in [1.82, 2.24) is 14.5 Å². The lowest BCUT2D eigenvalue weighted by molar-refractivity contribution is 0.0858. The van der Waals surface area contributed by atoms with Gasteiger partial charge in [-0.15, -0.1) is 0 Å². The Morgan fingerprint density at radius 2 is 1.82 bits per heavy atom. The molecule has 28 heavy (non-hydrogen) atoms. The monoisotopic (exact) mass is 384 g/mol. The highest BCUT2D eigenvalue weighted by atomic mass is 16.3. The highest BCUT2D eigenvalue weighted by Crippen LogP contribution is 2.38. The first-order chi connectivity index (χ1) is 12.4. The van der Waals surface area contributed by atoms with Crippen LogP contribution in [0.4, 0.5) is 5.69 Å². The zero-order valence-electron chi connectivity index (χ0n) is 17.1. The fourth-order valence-electron chi connectivity index (χ4n) is 3.08. The molecule has 152 valence electrons. The second-order valence-corrected chi connectivity index (χ2v) is 9.12. The summed E-state index contributed by atoms with van der Waals surface area (Å²) < 4.78 is 1.84. The normalized spacial score (nSPS) is 12.1. The Labute approximate surface area is 167 Å². The molecule has 0 unspecified atom stereocenters. The van der Waals surface area contributed by atoms with E-state index in [1.807, 2.05) is 71.5 Å². The molecule has 0 bridgehead atoms. The largest absolute Gasteiger partial charge is 0.504 e. The predicted octanol–water partition coefficient (Wildman–Crippen LogP) is 5.35. The van der Waals surface area contributed by atoms with Crippen molar-refractivity contribution < 1.29 is 9.90 Å². The summed E-state index contributed by atoms with van der Waals surface area (Å²) in [4.78, 5) is 20.4. The minimum absolute atomic E-state index is 0. The van der Waals surface area contributed by atoms with Gasteiger partial charge in [-0.05, 0) is 39.0 Å². The summed E-state index contributed by atoms with van der Waals surface area (Å²) in [5, 5.41) is 14.0. The number of ketones is 1. The minimum Gasteiger partial charge on any atom is -0.504 e. The third kappa shape index (κ3) is 4.06. The van der Waals surface area contributed by atoms with E-state index in [0.29, 0.717) is 22.8 Å². The molecule has 0 aliphatic rings. The summed E-state index contributed by atoms with van der Waals surface area (Å²) in [5.41, 5.74) is 2.81. The number of nitrogens with zero attached hydrogens (tertiary/aromatic N) is 2. The lowest BCUT2D eigenvalue weighted by Crippen LogP contribution is -2.25. The Morgan fingerprint density at radius 3 is 2.39 bits per heavy atom. The molecule has 0 fully saturated rings. The van der Waals surface area contributed by atoms with Crippen LogP contribution in [0.25, 0.3) is 22.6 Å². The first-order valence-electron chi connectivity index (χ1n) is 9.08. The van der Waals surface area contributed by atoms with E-state index >= 15 is 0 Å². The third-order valence-corrected chi connectivity index (χ3v) is 4.31. The molecule has 2 aromatic heterocycles. The molecule has 6 nitrogen and oxygen atoms in total. The Balaban J connectivity index is 0.00000280. The van der Waals surface area contributed by atoms with Gasteiger partial charge in [0.25, 0.3) is 0 Å². The van der Waals surface area contributed by atoms with Gasteiger partial charge in [0, 0.05) is 29.8 Å². The number of aromatic hydroxyl groups is 1. The van der Waals surface area contributed by atoms with E-state index in [1.165, 1.54) is 0 Å². The number of rotatable bonds is 3. The van der Waals surface area contributed by atoms with Gasteiger partial charge in [-0.1, -0.05) is 28.2 Å². The molecule has 0 saturated carbocycles. The fourth-order valence-corrected chi connectivity index (χ4v) is 3.08. The molecule has 0 spiro atoms. The molecule has 0 amide bonds. The van der Waals surface area contributed by atoms with Crippen molar-refractivity contribution in [3.63, 3.8) is 0 Å². The van der Waals surface area contributed by atoms with Gasteiger partial charge >= 0.3 is 0 Å². The number of aromatic amines is 1. The quantitative estimate of drug-likeness (QED) is 0.532. The standard InChI is InChI=1S/C21H28N4O2.CH4/c1-20(2,3)18(27)12-8-9-13-14(10-12)23-19(22-13)16-17(26)15(11-25(16)7)24-21(4,5)6;/h8-11,24,26H,1-7H3,(H,22,23);1H4. The number of nitrogens with one attached hydrogen (secondary N) is 2. The summed E-state index contributed by atoms with van der Waals surface area (Å²) in [5.74, 6) is 0.795. The van der Waals surface area contributed by atoms with Gasteiger partial charge in [0.05, 0.1) is 16.7 Å². The second-order valence-electron chi connectivity index (χ2n) is 9.12. The van der Waals surface area contributed by atoms with Crippen LogP contribution in [0.1, 0.15) is 59.3 Å². The predicted molar refractivity (Wildman–Crippen MR) is 116 cm³/mol. The van der Waals surface area contributed by atoms with Gasteiger partial charge in [-0.25, -0.2) is 4.98 Å². The number of Topliss-reactive ketones (excluding diaryl/α,β-unsaturated/α-hetero) is 1. The third-order valence-electron chi connectivity index (χ3n) is 4.31. The second kappa shape index (κ2) is 7.00. The van der Waals surface area contributed by atoms with Crippen molar-refractivity contribution in [2.24, 2.45) is 12.5 Å². The molecular weight excluding hydrogens is 352 g/mol. The maximum Gasteiger partial charge on any atom is 0.168 e. The number of H-pyrrole nitrogens is 1. The van der Waals surface area contributed by atoms with Crippen molar-refractivity contribution in [3.8, 4) is 17.3 Å². The molecule has 0 saturated heterocycles. The summed E-state index contributed by atoms with van der Waals surface area (Å²) in [7, 11) is 1.87. The summed E-state index contributed by atoms with van der Waals surface area (Å²) in [6, 6.07) is 5.47.